The molecule has 1 aromatic heterocycles. The number of hydrogen-bond acceptors (Lipinski definition) is 5. The highest BCUT2D eigenvalue weighted by Gasteiger charge is 2.34. The van der Waals surface area contributed by atoms with Gasteiger partial charge in [0, 0.05) is 10.7 Å². The number of hydrogen-bond donors (Lipinski definition) is 1. The van der Waals surface area contributed by atoms with Gasteiger partial charge in [0.15, 0.2) is 0 Å². The summed E-state index contributed by atoms with van der Waals surface area (Å²) < 4.78 is 7.31. The SMILES string of the molecule is CCCCCCCCOC(=O)C1=C(C)Nc2ncnn2[C@H]1c1ccc(Cl)cc1. The van der Waals surface area contributed by atoms with Crippen LogP contribution < -0.4 is 5.32 Å². The Morgan fingerprint density at radius 3 is 2.64 bits per heavy atom. The smallest absolute Gasteiger partial charge is 0.338 e. The summed E-state index contributed by atoms with van der Waals surface area (Å²) in [6.07, 6.45) is 8.36. The van der Waals surface area contributed by atoms with Gasteiger partial charge >= 0.3 is 5.97 Å². The van der Waals surface area contributed by atoms with Gasteiger partial charge in [-0.25, -0.2) is 9.48 Å². The van der Waals surface area contributed by atoms with E-state index in [1.54, 1.807) is 4.68 Å². The molecule has 3 rings (SSSR count). The lowest BCUT2D eigenvalue weighted by Crippen LogP contribution is -2.29. The van der Waals surface area contributed by atoms with Gasteiger partial charge in [0.1, 0.15) is 12.4 Å². The molecule has 1 aromatic carbocycles. The maximum atomic E-state index is 12.9. The van der Waals surface area contributed by atoms with Gasteiger partial charge in [-0.3, -0.25) is 0 Å². The molecule has 0 spiro atoms. The van der Waals surface area contributed by atoms with Crippen LogP contribution in [-0.2, 0) is 9.53 Å². The second-order valence-corrected chi connectivity index (χ2v) is 7.49. The fraction of sp³-hybridized carbons (Fsp3) is 0.476. The number of anilines is 1. The van der Waals surface area contributed by atoms with Crippen molar-refractivity contribution in [3.8, 4) is 0 Å². The van der Waals surface area contributed by atoms with Crippen LogP contribution in [0.2, 0.25) is 5.02 Å². The first-order valence-electron chi connectivity index (χ1n) is 9.91. The third-order valence-electron chi connectivity index (χ3n) is 4.93. The Hall–Kier alpha value is -2.34. The van der Waals surface area contributed by atoms with Crippen LogP contribution in [0.25, 0.3) is 0 Å². The first kappa shape index (κ1) is 20.4. The van der Waals surface area contributed by atoms with Gasteiger partial charge in [0.2, 0.25) is 5.95 Å². The van der Waals surface area contributed by atoms with Crippen molar-refractivity contribution in [3.05, 3.63) is 52.4 Å². The van der Waals surface area contributed by atoms with E-state index < -0.39 is 6.04 Å². The predicted octanol–water partition coefficient (Wildman–Crippen LogP) is 5.12. The van der Waals surface area contributed by atoms with Crippen molar-refractivity contribution < 1.29 is 9.53 Å². The second-order valence-electron chi connectivity index (χ2n) is 7.05. The van der Waals surface area contributed by atoms with E-state index in [0.29, 0.717) is 23.2 Å². The van der Waals surface area contributed by atoms with E-state index >= 15 is 0 Å². The third-order valence-corrected chi connectivity index (χ3v) is 5.18. The van der Waals surface area contributed by atoms with Crippen molar-refractivity contribution in [2.45, 2.75) is 58.4 Å². The zero-order chi connectivity index (χ0) is 19.9. The Morgan fingerprint density at radius 1 is 1.18 bits per heavy atom. The van der Waals surface area contributed by atoms with E-state index in [1.165, 1.54) is 32.0 Å². The fourth-order valence-corrected chi connectivity index (χ4v) is 3.56. The molecular formula is C21H27ClN4O2. The minimum Gasteiger partial charge on any atom is -0.462 e. The number of fused-ring (bicyclic) bond motifs is 1. The van der Waals surface area contributed by atoms with Crippen molar-refractivity contribution in [2.24, 2.45) is 0 Å². The van der Waals surface area contributed by atoms with Gasteiger partial charge in [0.25, 0.3) is 0 Å². The highest BCUT2D eigenvalue weighted by Crippen LogP contribution is 2.35. The number of halogens is 1. The molecule has 2 heterocycles. The van der Waals surface area contributed by atoms with Crippen LogP contribution >= 0.6 is 11.6 Å². The van der Waals surface area contributed by atoms with Crippen LogP contribution in [0, 0.1) is 0 Å². The average molecular weight is 403 g/mol. The number of rotatable bonds is 9. The van der Waals surface area contributed by atoms with Crippen LogP contribution in [0.1, 0.15) is 64.0 Å². The Morgan fingerprint density at radius 2 is 1.89 bits per heavy atom. The molecule has 7 heteroatoms. The molecule has 0 bridgehead atoms. The number of esters is 1. The maximum absolute atomic E-state index is 12.9. The van der Waals surface area contributed by atoms with Gasteiger partial charge in [-0.1, -0.05) is 62.8 Å². The number of allylic oxidation sites excluding steroid dienone is 1. The summed E-state index contributed by atoms with van der Waals surface area (Å²) in [7, 11) is 0. The summed E-state index contributed by atoms with van der Waals surface area (Å²) in [4.78, 5) is 17.2. The molecule has 2 aromatic rings. The van der Waals surface area contributed by atoms with E-state index in [4.69, 9.17) is 16.3 Å². The zero-order valence-corrected chi connectivity index (χ0v) is 17.2. The highest BCUT2D eigenvalue weighted by molar-refractivity contribution is 6.30. The van der Waals surface area contributed by atoms with Gasteiger partial charge in [0.05, 0.1) is 12.2 Å². The standard InChI is InChI=1S/C21H27ClN4O2/c1-3-4-5-6-7-8-13-28-20(27)18-15(2)25-21-23-14-24-26(21)19(18)16-9-11-17(22)12-10-16/h9-12,14,19H,3-8,13H2,1-2H3,(H,23,24,25)/t19-/m0/s1. The number of unbranched alkanes of at least 4 members (excludes halogenated alkanes) is 5. The van der Waals surface area contributed by atoms with E-state index in [0.717, 1.165) is 24.1 Å². The van der Waals surface area contributed by atoms with Crippen molar-refractivity contribution in [3.63, 3.8) is 0 Å². The van der Waals surface area contributed by atoms with Gasteiger partial charge in [-0.2, -0.15) is 10.1 Å². The number of carbonyl (C=O) groups is 1. The minimum absolute atomic E-state index is 0.320. The van der Waals surface area contributed by atoms with Gasteiger partial charge in [-0.05, 0) is 31.0 Å². The largest absolute Gasteiger partial charge is 0.462 e. The van der Waals surface area contributed by atoms with Crippen LogP contribution in [-0.4, -0.2) is 27.3 Å². The quantitative estimate of drug-likeness (QED) is 0.465. The van der Waals surface area contributed by atoms with Crippen LogP contribution in [0.5, 0.6) is 0 Å². The van der Waals surface area contributed by atoms with Crippen molar-refractivity contribution in [1.82, 2.24) is 14.8 Å². The summed E-state index contributed by atoms with van der Waals surface area (Å²) >= 11 is 6.04. The van der Waals surface area contributed by atoms with E-state index in [-0.39, 0.29) is 5.97 Å². The van der Waals surface area contributed by atoms with E-state index in [2.05, 4.69) is 22.3 Å². The van der Waals surface area contributed by atoms with Crippen molar-refractivity contribution in [2.75, 3.05) is 11.9 Å². The lowest BCUT2D eigenvalue weighted by molar-refractivity contribution is -0.139. The maximum Gasteiger partial charge on any atom is 0.338 e. The second kappa shape index (κ2) is 9.73. The number of aromatic nitrogens is 3. The summed E-state index contributed by atoms with van der Waals surface area (Å²) in [5.74, 6) is 0.282. The molecule has 1 N–H and O–H groups in total. The lowest BCUT2D eigenvalue weighted by Gasteiger charge is -2.28. The molecule has 0 radical (unpaired) electrons. The molecule has 28 heavy (non-hydrogen) atoms. The minimum atomic E-state index is -0.395. The first-order chi connectivity index (χ1) is 13.6. The third kappa shape index (κ3) is 4.73. The average Bonchev–Trinajstić information content (AvgIpc) is 3.14. The molecule has 0 saturated carbocycles. The summed E-state index contributed by atoms with van der Waals surface area (Å²) in [5.41, 5.74) is 2.18. The molecule has 150 valence electrons. The topological polar surface area (TPSA) is 69.0 Å². The van der Waals surface area contributed by atoms with Crippen LogP contribution in [0.4, 0.5) is 5.95 Å². The molecule has 1 aliphatic rings. The number of nitrogens with one attached hydrogen (secondary N) is 1. The van der Waals surface area contributed by atoms with Gasteiger partial charge < -0.3 is 10.1 Å². The van der Waals surface area contributed by atoms with Crippen molar-refractivity contribution >= 4 is 23.5 Å². The Balaban J connectivity index is 1.72. The molecule has 1 atom stereocenters. The van der Waals surface area contributed by atoms with E-state index in [9.17, 15) is 4.79 Å². The molecule has 0 amide bonds. The molecular weight excluding hydrogens is 376 g/mol. The van der Waals surface area contributed by atoms with E-state index in [1.807, 2.05) is 31.2 Å². The first-order valence-corrected chi connectivity index (χ1v) is 10.3. The summed E-state index contributed by atoms with van der Waals surface area (Å²) in [6.45, 7) is 4.50. The Labute approximate surface area is 170 Å². The molecule has 0 saturated heterocycles. The lowest BCUT2D eigenvalue weighted by atomic mass is 9.96. The molecule has 0 fully saturated rings. The molecule has 6 nitrogen and oxygen atoms in total. The summed E-state index contributed by atoms with van der Waals surface area (Å²) in [5, 5.41) is 8.10. The molecule has 0 aliphatic carbocycles. The molecule has 0 unspecified atom stereocenters. The number of ether oxygens (including phenoxy) is 1. The number of carbonyl (C=O) groups excluding carboxylic acids is 1. The van der Waals surface area contributed by atoms with Crippen LogP contribution in [0.15, 0.2) is 41.9 Å². The highest BCUT2D eigenvalue weighted by atomic mass is 35.5. The number of benzene rings is 1. The number of nitrogens with zero attached hydrogens (tertiary/aromatic N) is 3. The Bertz CT molecular complexity index is 829. The fourth-order valence-electron chi connectivity index (χ4n) is 3.43. The monoisotopic (exact) mass is 402 g/mol. The zero-order valence-electron chi connectivity index (χ0n) is 16.4. The normalized spacial score (nSPS) is 15.9. The summed E-state index contributed by atoms with van der Waals surface area (Å²) in [6, 6.07) is 7.03. The van der Waals surface area contributed by atoms with Crippen molar-refractivity contribution in [1.29, 1.82) is 0 Å². The van der Waals surface area contributed by atoms with Gasteiger partial charge in [-0.15, -0.1) is 0 Å². The Kier molecular flexibility index (Phi) is 7.09. The predicted molar refractivity (Wildman–Crippen MR) is 110 cm³/mol. The molecule has 1 aliphatic heterocycles. The van der Waals surface area contributed by atoms with Crippen LogP contribution in [0.3, 0.4) is 0 Å².